The van der Waals surface area contributed by atoms with Crippen molar-refractivity contribution in [1.82, 2.24) is 19.9 Å². The molecule has 2 heterocycles. The Morgan fingerprint density at radius 3 is 2.65 bits per heavy atom. The van der Waals surface area contributed by atoms with Gasteiger partial charge in [0.2, 0.25) is 5.91 Å². The Morgan fingerprint density at radius 1 is 1.17 bits per heavy atom. The van der Waals surface area contributed by atoms with Crippen LogP contribution in [0.1, 0.15) is 24.4 Å². The Morgan fingerprint density at radius 2 is 1.91 bits per heavy atom. The van der Waals surface area contributed by atoms with Gasteiger partial charge in [-0.3, -0.25) is 9.20 Å². The van der Waals surface area contributed by atoms with E-state index in [1.807, 2.05) is 35.7 Å². The molecule has 1 unspecified atom stereocenters. The van der Waals surface area contributed by atoms with E-state index in [4.69, 9.17) is 23.2 Å². The summed E-state index contributed by atoms with van der Waals surface area (Å²) in [6.45, 7) is 1.86. The van der Waals surface area contributed by atoms with Crippen molar-refractivity contribution in [3.05, 3.63) is 64.0 Å². The van der Waals surface area contributed by atoms with Gasteiger partial charge >= 0.3 is 0 Å². The Bertz CT molecular complexity index is 842. The van der Waals surface area contributed by atoms with Gasteiger partial charge in [0, 0.05) is 16.2 Å². The Hall–Kier alpha value is -2.11. The molecule has 1 aromatic carbocycles. The molecule has 5 nitrogen and oxygen atoms in total. The third-order valence-electron chi connectivity index (χ3n) is 3.50. The van der Waals surface area contributed by atoms with Crippen molar-refractivity contribution in [3.63, 3.8) is 0 Å². The molecule has 0 aliphatic heterocycles. The molecule has 1 N–H and O–H groups in total. The fourth-order valence-electron chi connectivity index (χ4n) is 2.37. The second-order valence-corrected chi connectivity index (χ2v) is 5.97. The maximum Gasteiger partial charge on any atom is 0.225 e. The topological polar surface area (TPSA) is 59.3 Å². The summed E-state index contributed by atoms with van der Waals surface area (Å²) < 4.78 is 1.84. The molecule has 7 heteroatoms. The van der Waals surface area contributed by atoms with Gasteiger partial charge in [-0.15, -0.1) is 10.2 Å². The molecular weight excluding hydrogens is 335 g/mol. The van der Waals surface area contributed by atoms with Crippen molar-refractivity contribution in [2.24, 2.45) is 0 Å². The van der Waals surface area contributed by atoms with Gasteiger partial charge in [-0.1, -0.05) is 35.3 Å². The first kappa shape index (κ1) is 15.8. The molecule has 0 aliphatic carbocycles. The van der Waals surface area contributed by atoms with Gasteiger partial charge in [-0.2, -0.15) is 0 Å². The number of aromatic nitrogens is 3. The highest BCUT2D eigenvalue weighted by atomic mass is 35.5. The lowest BCUT2D eigenvalue weighted by Crippen LogP contribution is -2.29. The van der Waals surface area contributed by atoms with Crippen LogP contribution in [0.25, 0.3) is 5.65 Å². The number of benzene rings is 1. The van der Waals surface area contributed by atoms with Gasteiger partial charge in [0.25, 0.3) is 0 Å². The number of amides is 1. The first-order valence-corrected chi connectivity index (χ1v) is 7.84. The van der Waals surface area contributed by atoms with Gasteiger partial charge in [0.05, 0.1) is 12.5 Å². The SMILES string of the molecule is CC(NC(=O)Cc1c(Cl)cccc1Cl)c1nnc2ccccn12. The Kier molecular flexibility index (Phi) is 4.50. The Labute approximate surface area is 143 Å². The zero-order valence-electron chi connectivity index (χ0n) is 12.3. The second kappa shape index (κ2) is 6.56. The van der Waals surface area contributed by atoms with E-state index in [-0.39, 0.29) is 18.4 Å². The largest absolute Gasteiger partial charge is 0.346 e. The van der Waals surface area contributed by atoms with Crippen molar-refractivity contribution in [2.75, 3.05) is 0 Å². The Balaban J connectivity index is 1.75. The van der Waals surface area contributed by atoms with E-state index in [0.29, 0.717) is 21.4 Å². The van der Waals surface area contributed by atoms with E-state index < -0.39 is 0 Å². The number of halogens is 2. The number of rotatable bonds is 4. The minimum atomic E-state index is -0.291. The summed E-state index contributed by atoms with van der Waals surface area (Å²) in [7, 11) is 0. The van der Waals surface area contributed by atoms with Crippen LogP contribution in [0, 0.1) is 0 Å². The molecular formula is C16H14Cl2N4O. The average Bonchev–Trinajstić information content (AvgIpc) is 2.95. The summed E-state index contributed by atoms with van der Waals surface area (Å²) in [6.07, 6.45) is 1.97. The lowest BCUT2D eigenvalue weighted by Gasteiger charge is -2.13. The van der Waals surface area contributed by atoms with Gasteiger partial charge in [0.1, 0.15) is 0 Å². The van der Waals surface area contributed by atoms with E-state index in [1.54, 1.807) is 18.2 Å². The number of nitrogens with one attached hydrogen (secondary N) is 1. The molecule has 3 aromatic rings. The van der Waals surface area contributed by atoms with Crippen LogP contribution in [-0.4, -0.2) is 20.5 Å². The van der Waals surface area contributed by atoms with Crippen molar-refractivity contribution in [2.45, 2.75) is 19.4 Å². The molecule has 118 valence electrons. The van der Waals surface area contributed by atoms with E-state index in [2.05, 4.69) is 15.5 Å². The van der Waals surface area contributed by atoms with E-state index >= 15 is 0 Å². The molecule has 0 bridgehead atoms. The number of carbonyl (C=O) groups is 1. The fourth-order valence-corrected chi connectivity index (χ4v) is 2.91. The fraction of sp³-hybridized carbons (Fsp3) is 0.188. The number of carbonyl (C=O) groups excluding carboxylic acids is 1. The maximum absolute atomic E-state index is 12.3. The maximum atomic E-state index is 12.3. The molecule has 0 saturated heterocycles. The standard InChI is InChI=1S/C16H14Cl2N4O/c1-10(16-21-20-14-7-2-3-8-22(14)16)19-15(23)9-11-12(17)5-4-6-13(11)18/h2-8,10H,9H2,1H3,(H,19,23). The minimum Gasteiger partial charge on any atom is -0.346 e. The first-order valence-electron chi connectivity index (χ1n) is 7.08. The van der Waals surface area contributed by atoms with Crippen LogP contribution in [0.5, 0.6) is 0 Å². The highest BCUT2D eigenvalue weighted by molar-refractivity contribution is 6.36. The van der Waals surface area contributed by atoms with Gasteiger partial charge in [-0.05, 0) is 36.8 Å². The number of pyridine rings is 1. The highest BCUT2D eigenvalue weighted by Gasteiger charge is 2.17. The van der Waals surface area contributed by atoms with Crippen LogP contribution >= 0.6 is 23.2 Å². The molecule has 0 radical (unpaired) electrons. The van der Waals surface area contributed by atoms with Gasteiger partial charge in [-0.25, -0.2) is 0 Å². The summed E-state index contributed by atoms with van der Waals surface area (Å²) in [4.78, 5) is 12.3. The highest BCUT2D eigenvalue weighted by Crippen LogP contribution is 2.24. The summed E-state index contributed by atoms with van der Waals surface area (Å²) in [5.41, 5.74) is 1.35. The van der Waals surface area contributed by atoms with Crippen LogP contribution in [0.15, 0.2) is 42.6 Å². The molecule has 23 heavy (non-hydrogen) atoms. The number of hydrogen-bond donors (Lipinski definition) is 1. The lowest BCUT2D eigenvalue weighted by atomic mass is 10.1. The van der Waals surface area contributed by atoms with Crippen LogP contribution in [0.4, 0.5) is 0 Å². The second-order valence-electron chi connectivity index (χ2n) is 5.15. The van der Waals surface area contributed by atoms with Crippen LogP contribution in [-0.2, 0) is 11.2 Å². The molecule has 0 spiro atoms. The monoisotopic (exact) mass is 348 g/mol. The molecule has 2 aromatic heterocycles. The van der Waals surface area contributed by atoms with Crippen molar-refractivity contribution >= 4 is 34.8 Å². The van der Waals surface area contributed by atoms with Crippen LogP contribution in [0.2, 0.25) is 10.0 Å². The zero-order valence-corrected chi connectivity index (χ0v) is 13.8. The van der Waals surface area contributed by atoms with E-state index in [1.165, 1.54) is 0 Å². The molecule has 0 aliphatic rings. The molecule has 0 saturated carbocycles. The lowest BCUT2D eigenvalue weighted by molar-refractivity contribution is -0.121. The zero-order chi connectivity index (χ0) is 16.4. The third-order valence-corrected chi connectivity index (χ3v) is 4.21. The van der Waals surface area contributed by atoms with E-state index in [9.17, 15) is 4.79 Å². The van der Waals surface area contributed by atoms with Crippen molar-refractivity contribution in [3.8, 4) is 0 Å². The summed E-state index contributed by atoms with van der Waals surface area (Å²) >= 11 is 12.2. The van der Waals surface area contributed by atoms with Crippen molar-refractivity contribution in [1.29, 1.82) is 0 Å². The van der Waals surface area contributed by atoms with Crippen LogP contribution in [0.3, 0.4) is 0 Å². The van der Waals surface area contributed by atoms with E-state index in [0.717, 1.165) is 5.65 Å². The predicted octanol–water partition coefficient (Wildman–Crippen LogP) is 3.46. The predicted molar refractivity (Wildman–Crippen MR) is 89.7 cm³/mol. The van der Waals surface area contributed by atoms with Crippen LogP contribution < -0.4 is 5.32 Å². The quantitative estimate of drug-likeness (QED) is 0.785. The number of fused-ring (bicyclic) bond motifs is 1. The smallest absolute Gasteiger partial charge is 0.225 e. The summed E-state index contributed by atoms with van der Waals surface area (Å²) in [5.74, 6) is 0.486. The third kappa shape index (κ3) is 3.30. The minimum absolute atomic E-state index is 0.111. The van der Waals surface area contributed by atoms with Crippen molar-refractivity contribution < 1.29 is 4.79 Å². The summed E-state index contributed by atoms with van der Waals surface area (Å²) in [5, 5.41) is 12.1. The van der Waals surface area contributed by atoms with Gasteiger partial charge < -0.3 is 5.32 Å². The molecule has 0 fully saturated rings. The number of nitrogens with zero attached hydrogens (tertiary/aromatic N) is 3. The molecule has 3 rings (SSSR count). The summed E-state index contributed by atoms with van der Waals surface area (Å²) in [6, 6.07) is 10.5. The normalized spacial score (nSPS) is 12.3. The molecule has 1 atom stereocenters. The number of hydrogen-bond acceptors (Lipinski definition) is 3. The van der Waals surface area contributed by atoms with Gasteiger partial charge in [0.15, 0.2) is 11.5 Å². The molecule has 1 amide bonds. The first-order chi connectivity index (χ1) is 11.1. The average molecular weight is 349 g/mol.